The number of allylic oxidation sites excluding steroid dienone is 2. The van der Waals surface area contributed by atoms with E-state index >= 15 is 0 Å². The van der Waals surface area contributed by atoms with Crippen LogP contribution in [0.3, 0.4) is 0 Å². The Morgan fingerprint density at radius 1 is 1.18 bits per heavy atom. The molecule has 0 aliphatic heterocycles. The first kappa shape index (κ1) is 6.66. The fraction of sp³-hybridized carbons (Fsp3) is 0.273. The highest BCUT2D eigenvalue weighted by Crippen LogP contribution is 2.35. The summed E-state index contributed by atoms with van der Waals surface area (Å²) in [6, 6.07) is 10.7. The van der Waals surface area contributed by atoms with E-state index in [2.05, 4.69) is 43.3 Å². The number of hydrogen-bond acceptors (Lipinski definition) is 0. The summed E-state index contributed by atoms with van der Waals surface area (Å²) in [4.78, 5) is 0. The summed E-state index contributed by atoms with van der Waals surface area (Å²) in [6.07, 6.45) is 3.54. The third kappa shape index (κ3) is 1.09. The lowest BCUT2D eigenvalue weighted by atomic mass is 9.81. The zero-order valence-electron chi connectivity index (χ0n) is 6.75. The summed E-state index contributed by atoms with van der Waals surface area (Å²) in [5, 5.41) is 0. The number of rotatable bonds is 1. The van der Waals surface area contributed by atoms with Gasteiger partial charge in [-0.05, 0) is 18.9 Å². The molecule has 0 heterocycles. The van der Waals surface area contributed by atoms with Crippen LogP contribution in [0, 0.1) is 0 Å². The monoisotopic (exact) mass is 144 g/mol. The molecule has 0 N–H and O–H groups in total. The maximum absolute atomic E-state index is 2.30. The Hall–Kier alpha value is -1.04. The normalized spacial score (nSPS) is 22.3. The van der Waals surface area contributed by atoms with Gasteiger partial charge >= 0.3 is 0 Å². The van der Waals surface area contributed by atoms with Crippen molar-refractivity contribution in [1.82, 2.24) is 0 Å². The Labute approximate surface area is 67.6 Å². The molecule has 0 nitrogen and oxygen atoms in total. The van der Waals surface area contributed by atoms with E-state index in [4.69, 9.17) is 0 Å². The van der Waals surface area contributed by atoms with Crippen molar-refractivity contribution in [1.29, 1.82) is 0 Å². The minimum absolute atomic E-state index is 0.719. The second kappa shape index (κ2) is 2.54. The van der Waals surface area contributed by atoms with Crippen LogP contribution >= 0.6 is 0 Å². The van der Waals surface area contributed by atoms with Crippen LogP contribution in [0.15, 0.2) is 42.0 Å². The molecule has 1 aromatic rings. The number of benzene rings is 1. The molecule has 0 saturated heterocycles. The summed E-state index contributed by atoms with van der Waals surface area (Å²) < 4.78 is 0. The maximum atomic E-state index is 2.30. The van der Waals surface area contributed by atoms with Crippen molar-refractivity contribution in [2.24, 2.45) is 0 Å². The lowest BCUT2D eigenvalue weighted by Gasteiger charge is -2.24. The second-order valence-electron chi connectivity index (χ2n) is 3.15. The highest BCUT2D eigenvalue weighted by molar-refractivity contribution is 5.34. The van der Waals surface area contributed by atoms with E-state index in [1.807, 2.05) is 0 Å². The van der Waals surface area contributed by atoms with Gasteiger partial charge in [0.15, 0.2) is 0 Å². The quantitative estimate of drug-likeness (QED) is 0.531. The Balaban J connectivity index is 2.26. The zero-order chi connectivity index (χ0) is 7.68. The molecule has 2 rings (SSSR count). The van der Waals surface area contributed by atoms with Gasteiger partial charge in [0.05, 0.1) is 0 Å². The van der Waals surface area contributed by atoms with Crippen molar-refractivity contribution >= 4 is 0 Å². The van der Waals surface area contributed by atoms with Crippen molar-refractivity contribution in [2.75, 3.05) is 0 Å². The highest BCUT2D eigenvalue weighted by atomic mass is 14.2. The van der Waals surface area contributed by atoms with Gasteiger partial charge in [0.25, 0.3) is 0 Å². The molecule has 1 unspecified atom stereocenters. The van der Waals surface area contributed by atoms with E-state index in [-0.39, 0.29) is 0 Å². The van der Waals surface area contributed by atoms with Crippen LogP contribution in [0.2, 0.25) is 0 Å². The first-order chi connectivity index (χ1) is 5.38. The summed E-state index contributed by atoms with van der Waals surface area (Å²) in [7, 11) is 0. The second-order valence-corrected chi connectivity index (χ2v) is 3.15. The third-order valence-corrected chi connectivity index (χ3v) is 2.43. The van der Waals surface area contributed by atoms with E-state index in [1.165, 1.54) is 17.6 Å². The predicted molar refractivity (Wildman–Crippen MR) is 47.6 cm³/mol. The van der Waals surface area contributed by atoms with E-state index < -0.39 is 0 Å². The molecule has 1 aliphatic carbocycles. The molecule has 0 bridgehead atoms. The molecule has 0 fully saturated rings. The van der Waals surface area contributed by atoms with Crippen molar-refractivity contribution in [3.63, 3.8) is 0 Å². The largest absolute Gasteiger partial charge is 0.0841 e. The van der Waals surface area contributed by atoms with Gasteiger partial charge in [-0.15, -0.1) is 0 Å². The molecule has 0 saturated carbocycles. The van der Waals surface area contributed by atoms with E-state index in [1.54, 1.807) is 0 Å². The molecule has 56 valence electrons. The zero-order valence-corrected chi connectivity index (χ0v) is 6.75. The highest BCUT2D eigenvalue weighted by Gasteiger charge is 2.18. The Morgan fingerprint density at radius 3 is 2.36 bits per heavy atom. The Bertz CT molecular complexity index is 269. The minimum Gasteiger partial charge on any atom is -0.0841 e. The molecule has 11 heavy (non-hydrogen) atoms. The summed E-state index contributed by atoms with van der Waals surface area (Å²) >= 11 is 0. The van der Waals surface area contributed by atoms with Crippen LogP contribution < -0.4 is 0 Å². The summed E-state index contributed by atoms with van der Waals surface area (Å²) in [5.74, 6) is 0.719. The van der Waals surface area contributed by atoms with E-state index in [9.17, 15) is 0 Å². The van der Waals surface area contributed by atoms with Crippen LogP contribution in [-0.4, -0.2) is 0 Å². The molecular formula is C11H12. The van der Waals surface area contributed by atoms with Gasteiger partial charge in [-0.2, -0.15) is 0 Å². The van der Waals surface area contributed by atoms with Crippen LogP contribution in [0.25, 0.3) is 0 Å². The molecule has 1 aromatic carbocycles. The average molecular weight is 144 g/mol. The fourth-order valence-corrected chi connectivity index (χ4v) is 1.56. The van der Waals surface area contributed by atoms with Gasteiger partial charge < -0.3 is 0 Å². The molecule has 1 atom stereocenters. The van der Waals surface area contributed by atoms with Crippen LogP contribution in [0.1, 0.15) is 24.8 Å². The van der Waals surface area contributed by atoms with Crippen LogP contribution in [0.4, 0.5) is 0 Å². The third-order valence-electron chi connectivity index (χ3n) is 2.43. The first-order valence-electron chi connectivity index (χ1n) is 4.09. The predicted octanol–water partition coefficient (Wildman–Crippen LogP) is 3.12. The van der Waals surface area contributed by atoms with Crippen molar-refractivity contribution in [3.05, 3.63) is 47.5 Å². The van der Waals surface area contributed by atoms with Gasteiger partial charge in [0.2, 0.25) is 0 Å². The van der Waals surface area contributed by atoms with Gasteiger partial charge in [-0.3, -0.25) is 0 Å². The first-order valence-corrected chi connectivity index (χ1v) is 4.09. The molecule has 0 radical (unpaired) electrons. The number of hydrogen-bond donors (Lipinski definition) is 0. The SMILES string of the molecule is CC1=CCC1c1ccccc1. The van der Waals surface area contributed by atoms with E-state index in [0.29, 0.717) is 0 Å². The van der Waals surface area contributed by atoms with Crippen molar-refractivity contribution in [2.45, 2.75) is 19.3 Å². The molecule has 0 amide bonds. The fourth-order valence-electron chi connectivity index (χ4n) is 1.56. The average Bonchev–Trinajstić information content (AvgIpc) is 2.04. The van der Waals surface area contributed by atoms with Crippen molar-refractivity contribution < 1.29 is 0 Å². The standard InChI is InChI=1S/C11H12/c1-9-7-8-11(9)10-5-3-2-4-6-10/h2-7,11H,8H2,1H3. The van der Waals surface area contributed by atoms with Gasteiger partial charge in [-0.25, -0.2) is 0 Å². The molecular weight excluding hydrogens is 132 g/mol. The summed E-state index contributed by atoms with van der Waals surface area (Å²) in [5.41, 5.74) is 2.99. The topological polar surface area (TPSA) is 0 Å². The van der Waals surface area contributed by atoms with Gasteiger partial charge in [0, 0.05) is 5.92 Å². The molecule has 1 aliphatic rings. The van der Waals surface area contributed by atoms with Crippen LogP contribution in [-0.2, 0) is 0 Å². The lowest BCUT2D eigenvalue weighted by molar-refractivity contribution is 0.728. The molecule has 0 spiro atoms. The Kier molecular flexibility index (Phi) is 1.54. The summed E-state index contributed by atoms with van der Waals surface area (Å²) in [6.45, 7) is 2.21. The maximum Gasteiger partial charge on any atom is 0.00799 e. The smallest absolute Gasteiger partial charge is 0.00799 e. The van der Waals surface area contributed by atoms with Crippen molar-refractivity contribution in [3.8, 4) is 0 Å². The van der Waals surface area contributed by atoms with E-state index in [0.717, 1.165) is 5.92 Å². The van der Waals surface area contributed by atoms with Gasteiger partial charge in [0.1, 0.15) is 0 Å². The Morgan fingerprint density at radius 2 is 1.91 bits per heavy atom. The van der Waals surface area contributed by atoms with Crippen LogP contribution in [0.5, 0.6) is 0 Å². The molecule has 0 heteroatoms. The minimum atomic E-state index is 0.719. The lowest BCUT2D eigenvalue weighted by Crippen LogP contribution is -2.07. The van der Waals surface area contributed by atoms with Gasteiger partial charge in [-0.1, -0.05) is 42.0 Å². The molecule has 0 aromatic heterocycles.